The molecule has 2 aromatic carbocycles. The molecule has 7 heteroatoms. The van der Waals surface area contributed by atoms with Crippen LogP contribution in [-0.2, 0) is 14.8 Å². The lowest BCUT2D eigenvalue weighted by atomic mass is 9.99. The van der Waals surface area contributed by atoms with E-state index in [4.69, 9.17) is 4.74 Å². The lowest BCUT2D eigenvalue weighted by Gasteiger charge is -2.17. The van der Waals surface area contributed by atoms with Gasteiger partial charge in [-0.2, -0.15) is 0 Å². The summed E-state index contributed by atoms with van der Waals surface area (Å²) in [6, 6.07) is 11.7. The van der Waals surface area contributed by atoms with E-state index in [0.717, 1.165) is 11.1 Å². The Morgan fingerprint density at radius 3 is 2.52 bits per heavy atom. The van der Waals surface area contributed by atoms with Gasteiger partial charge in [0.1, 0.15) is 0 Å². The zero-order valence-corrected chi connectivity index (χ0v) is 16.9. The highest BCUT2D eigenvalue weighted by Crippen LogP contribution is 2.29. The molecular formula is C20H26N2O4S. The van der Waals surface area contributed by atoms with Crippen molar-refractivity contribution in [2.24, 2.45) is 0 Å². The average Bonchev–Trinajstić information content (AvgIpc) is 2.63. The minimum atomic E-state index is -3.83. The molecule has 0 spiro atoms. The fraction of sp³-hybridized carbons (Fsp3) is 0.350. The minimum absolute atomic E-state index is 0.0415. The van der Waals surface area contributed by atoms with Gasteiger partial charge in [0.05, 0.1) is 17.2 Å². The predicted octanol–water partition coefficient (Wildman–Crippen LogP) is 3.30. The maximum atomic E-state index is 12.9. The van der Waals surface area contributed by atoms with Gasteiger partial charge in [-0.05, 0) is 42.2 Å². The molecule has 0 aliphatic rings. The molecule has 6 nitrogen and oxygen atoms in total. The minimum Gasteiger partial charge on any atom is -0.383 e. The third kappa shape index (κ3) is 5.30. The van der Waals surface area contributed by atoms with Crippen LogP contribution in [0.1, 0.15) is 41.3 Å². The van der Waals surface area contributed by atoms with Crippen LogP contribution < -0.4 is 10.0 Å². The zero-order valence-electron chi connectivity index (χ0n) is 16.1. The maximum absolute atomic E-state index is 12.9. The van der Waals surface area contributed by atoms with E-state index in [2.05, 4.69) is 10.0 Å². The molecular weight excluding hydrogens is 364 g/mol. The third-order valence-electron chi connectivity index (χ3n) is 4.16. The highest BCUT2D eigenvalue weighted by molar-refractivity contribution is 7.92. The van der Waals surface area contributed by atoms with Crippen molar-refractivity contribution >= 4 is 21.6 Å². The van der Waals surface area contributed by atoms with E-state index in [9.17, 15) is 13.2 Å². The topological polar surface area (TPSA) is 84.5 Å². The molecule has 1 amide bonds. The number of carbonyl (C=O) groups excluding carboxylic acids is 1. The van der Waals surface area contributed by atoms with Crippen LogP contribution in [0.2, 0.25) is 0 Å². The SMILES string of the molecule is COCCNC(=O)c1cccc(S(=O)(=O)Nc2c(C)cccc2C(C)C)c1. The number of ether oxygens (including phenoxy) is 1. The van der Waals surface area contributed by atoms with Crippen LogP contribution in [0.4, 0.5) is 5.69 Å². The van der Waals surface area contributed by atoms with E-state index in [1.54, 1.807) is 19.2 Å². The molecule has 0 aliphatic carbocycles. The van der Waals surface area contributed by atoms with Crippen LogP contribution in [0.25, 0.3) is 0 Å². The molecule has 0 aromatic heterocycles. The first kappa shape index (κ1) is 20.9. The number of carbonyl (C=O) groups is 1. The number of amides is 1. The summed E-state index contributed by atoms with van der Waals surface area (Å²) in [7, 11) is -2.28. The Bertz CT molecular complexity index is 908. The van der Waals surface area contributed by atoms with Gasteiger partial charge < -0.3 is 10.1 Å². The van der Waals surface area contributed by atoms with Gasteiger partial charge >= 0.3 is 0 Å². The standard InChI is InChI=1S/C20H26N2O4S/c1-14(2)18-10-5-7-15(3)19(18)22-27(24,25)17-9-6-8-16(13-17)20(23)21-11-12-26-4/h5-10,13-14,22H,11-12H2,1-4H3,(H,21,23). The smallest absolute Gasteiger partial charge is 0.261 e. The summed E-state index contributed by atoms with van der Waals surface area (Å²) >= 11 is 0. The lowest BCUT2D eigenvalue weighted by molar-refractivity contribution is 0.0937. The van der Waals surface area contributed by atoms with Crippen molar-refractivity contribution in [1.82, 2.24) is 5.32 Å². The Morgan fingerprint density at radius 2 is 1.85 bits per heavy atom. The van der Waals surface area contributed by atoms with Crippen LogP contribution in [0.15, 0.2) is 47.4 Å². The summed E-state index contributed by atoms with van der Waals surface area (Å²) in [6.07, 6.45) is 0. The molecule has 0 unspecified atom stereocenters. The number of nitrogens with one attached hydrogen (secondary N) is 2. The summed E-state index contributed by atoms with van der Waals surface area (Å²) in [5.74, 6) is -0.177. The van der Waals surface area contributed by atoms with Gasteiger partial charge in [0.25, 0.3) is 15.9 Å². The molecule has 0 radical (unpaired) electrons. The second kappa shape index (κ2) is 9.01. The number of hydrogen-bond donors (Lipinski definition) is 2. The summed E-state index contributed by atoms with van der Waals surface area (Å²) in [5.41, 5.74) is 2.63. The van der Waals surface area contributed by atoms with Crippen molar-refractivity contribution < 1.29 is 17.9 Å². The molecule has 0 bridgehead atoms. The van der Waals surface area contributed by atoms with Gasteiger partial charge in [-0.15, -0.1) is 0 Å². The normalized spacial score (nSPS) is 11.4. The number of aryl methyl sites for hydroxylation is 1. The molecule has 2 N–H and O–H groups in total. The van der Waals surface area contributed by atoms with Crippen molar-refractivity contribution in [3.8, 4) is 0 Å². The summed E-state index contributed by atoms with van der Waals surface area (Å²) < 4.78 is 33.4. The summed E-state index contributed by atoms with van der Waals surface area (Å²) in [6.45, 7) is 6.63. The van der Waals surface area contributed by atoms with E-state index < -0.39 is 10.0 Å². The fourth-order valence-corrected chi connectivity index (χ4v) is 3.88. The van der Waals surface area contributed by atoms with Crippen LogP contribution in [0, 0.1) is 6.92 Å². The molecule has 0 atom stereocenters. The summed E-state index contributed by atoms with van der Waals surface area (Å²) in [5, 5.41) is 2.68. The monoisotopic (exact) mass is 390 g/mol. The summed E-state index contributed by atoms with van der Waals surface area (Å²) in [4.78, 5) is 12.2. The van der Waals surface area contributed by atoms with E-state index in [0.29, 0.717) is 18.8 Å². The number of sulfonamides is 1. The van der Waals surface area contributed by atoms with Gasteiger partial charge in [0.2, 0.25) is 0 Å². The second-order valence-electron chi connectivity index (χ2n) is 6.58. The van der Waals surface area contributed by atoms with Crippen molar-refractivity contribution in [1.29, 1.82) is 0 Å². The van der Waals surface area contributed by atoms with Gasteiger partial charge in [-0.25, -0.2) is 8.42 Å². The highest BCUT2D eigenvalue weighted by atomic mass is 32.2. The Balaban J connectivity index is 2.31. The molecule has 2 aromatic rings. The van der Waals surface area contributed by atoms with E-state index in [-0.39, 0.29) is 22.3 Å². The molecule has 0 saturated carbocycles. The van der Waals surface area contributed by atoms with Gasteiger partial charge in [-0.1, -0.05) is 38.1 Å². The molecule has 146 valence electrons. The number of methoxy groups -OCH3 is 1. The van der Waals surface area contributed by atoms with Crippen LogP contribution in [0.3, 0.4) is 0 Å². The first-order chi connectivity index (χ1) is 12.8. The van der Waals surface area contributed by atoms with Gasteiger partial charge in [-0.3, -0.25) is 9.52 Å². The molecule has 0 saturated heterocycles. The Kier molecular flexibility index (Phi) is 6.98. The average molecular weight is 391 g/mol. The van der Waals surface area contributed by atoms with Crippen molar-refractivity contribution in [2.45, 2.75) is 31.6 Å². The molecule has 0 fully saturated rings. The largest absolute Gasteiger partial charge is 0.383 e. The first-order valence-corrected chi connectivity index (χ1v) is 10.2. The highest BCUT2D eigenvalue weighted by Gasteiger charge is 2.20. The second-order valence-corrected chi connectivity index (χ2v) is 8.26. The van der Waals surface area contributed by atoms with E-state index in [1.165, 1.54) is 12.1 Å². The van der Waals surface area contributed by atoms with Crippen LogP contribution >= 0.6 is 0 Å². The Morgan fingerprint density at radius 1 is 1.15 bits per heavy atom. The van der Waals surface area contributed by atoms with Crippen LogP contribution in [-0.4, -0.2) is 34.6 Å². The molecule has 0 heterocycles. The number of benzene rings is 2. The quantitative estimate of drug-likeness (QED) is 0.678. The Hall–Kier alpha value is -2.38. The third-order valence-corrected chi connectivity index (χ3v) is 5.51. The van der Waals surface area contributed by atoms with Crippen molar-refractivity contribution in [3.05, 3.63) is 59.2 Å². The predicted molar refractivity (Wildman–Crippen MR) is 107 cm³/mol. The maximum Gasteiger partial charge on any atom is 0.261 e. The number of anilines is 1. The van der Waals surface area contributed by atoms with Crippen LogP contribution in [0.5, 0.6) is 0 Å². The van der Waals surface area contributed by atoms with Crippen molar-refractivity contribution in [2.75, 3.05) is 25.0 Å². The number of rotatable bonds is 8. The number of hydrogen-bond acceptors (Lipinski definition) is 4. The van der Waals surface area contributed by atoms with Crippen molar-refractivity contribution in [3.63, 3.8) is 0 Å². The molecule has 0 aliphatic heterocycles. The van der Waals surface area contributed by atoms with Gasteiger partial charge in [0.15, 0.2) is 0 Å². The lowest BCUT2D eigenvalue weighted by Crippen LogP contribution is -2.27. The van der Waals surface area contributed by atoms with E-state index in [1.807, 2.05) is 39.0 Å². The van der Waals surface area contributed by atoms with E-state index >= 15 is 0 Å². The Labute approximate surface area is 161 Å². The van der Waals surface area contributed by atoms with Gasteiger partial charge in [0, 0.05) is 19.2 Å². The fourth-order valence-electron chi connectivity index (χ4n) is 2.68. The molecule has 27 heavy (non-hydrogen) atoms. The first-order valence-electron chi connectivity index (χ1n) is 8.75. The number of para-hydroxylation sites is 1. The molecule has 2 rings (SSSR count). The zero-order chi connectivity index (χ0) is 20.0.